The normalized spacial score (nSPS) is 14.8. The van der Waals surface area contributed by atoms with Crippen LogP contribution in [0, 0.1) is 5.82 Å². The lowest BCUT2D eigenvalue weighted by molar-refractivity contribution is 0.423. The highest BCUT2D eigenvalue weighted by Crippen LogP contribution is 2.24. The summed E-state index contributed by atoms with van der Waals surface area (Å²) < 4.78 is 18.0. The van der Waals surface area contributed by atoms with Gasteiger partial charge >= 0.3 is 6.01 Å². The molecule has 0 amide bonds. The first-order chi connectivity index (χ1) is 8.70. The first kappa shape index (κ1) is 11.5. The molecule has 0 saturated heterocycles. The van der Waals surface area contributed by atoms with Gasteiger partial charge in [0.15, 0.2) is 5.82 Å². The Morgan fingerprint density at radius 1 is 1.44 bits per heavy atom. The fraction of sp³-hybridized carbons (Fsp3) is 0.333. The third-order valence-corrected chi connectivity index (χ3v) is 3.09. The minimum Gasteiger partial charge on any atom is -0.335 e. The second-order valence-electron chi connectivity index (χ2n) is 4.35. The molecule has 1 fully saturated rings. The van der Waals surface area contributed by atoms with Crippen LogP contribution in [0.25, 0.3) is 0 Å². The van der Waals surface area contributed by atoms with Crippen molar-refractivity contribution in [3.63, 3.8) is 0 Å². The van der Waals surface area contributed by atoms with E-state index in [4.69, 9.17) is 16.1 Å². The van der Waals surface area contributed by atoms with Crippen LogP contribution in [0.2, 0.25) is 5.02 Å². The van der Waals surface area contributed by atoms with Gasteiger partial charge in [0.1, 0.15) is 5.82 Å². The van der Waals surface area contributed by atoms with Crippen molar-refractivity contribution >= 4 is 17.6 Å². The van der Waals surface area contributed by atoms with E-state index in [1.165, 1.54) is 12.1 Å². The van der Waals surface area contributed by atoms with Gasteiger partial charge in [-0.15, -0.1) is 0 Å². The highest BCUT2D eigenvalue weighted by atomic mass is 35.5. The van der Waals surface area contributed by atoms with Gasteiger partial charge in [-0.1, -0.05) is 22.8 Å². The van der Waals surface area contributed by atoms with E-state index in [0.29, 0.717) is 29.3 Å². The molecule has 0 bridgehead atoms. The minimum atomic E-state index is -0.354. The molecule has 1 aromatic heterocycles. The summed E-state index contributed by atoms with van der Waals surface area (Å²) in [6, 6.07) is 5.17. The molecule has 0 radical (unpaired) electrons. The summed E-state index contributed by atoms with van der Waals surface area (Å²) in [6.45, 7) is 0. The van der Waals surface area contributed by atoms with E-state index < -0.39 is 0 Å². The highest BCUT2D eigenvalue weighted by Gasteiger charge is 2.23. The van der Waals surface area contributed by atoms with Crippen molar-refractivity contribution in [3.05, 3.63) is 40.4 Å². The fourth-order valence-corrected chi connectivity index (χ4v) is 1.86. The molecule has 3 rings (SSSR count). The zero-order valence-corrected chi connectivity index (χ0v) is 10.2. The number of nitrogens with zero attached hydrogens (tertiary/aromatic N) is 2. The van der Waals surface area contributed by atoms with Crippen LogP contribution in [0.15, 0.2) is 22.7 Å². The van der Waals surface area contributed by atoms with E-state index in [9.17, 15) is 4.39 Å². The molecule has 1 aromatic carbocycles. The van der Waals surface area contributed by atoms with Gasteiger partial charge in [-0.05, 0) is 30.5 Å². The van der Waals surface area contributed by atoms with Crippen LogP contribution in [-0.2, 0) is 6.42 Å². The third kappa shape index (κ3) is 2.61. The molecule has 0 spiro atoms. The highest BCUT2D eigenvalue weighted by molar-refractivity contribution is 6.31. The molecular weight excluding hydrogens is 257 g/mol. The van der Waals surface area contributed by atoms with Crippen LogP contribution in [0.5, 0.6) is 0 Å². The number of halogens is 2. The first-order valence-corrected chi connectivity index (χ1v) is 6.11. The van der Waals surface area contributed by atoms with Gasteiger partial charge in [-0.3, -0.25) is 0 Å². The van der Waals surface area contributed by atoms with E-state index in [1.54, 1.807) is 6.07 Å². The summed E-state index contributed by atoms with van der Waals surface area (Å²) in [4.78, 5) is 4.21. The minimum absolute atomic E-state index is 0.354. The van der Waals surface area contributed by atoms with Crippen LogP contribution in [0.4, 0.5) is 10.4 Å². The lowest BCUT2D eigenvalue weighted by atomic mass is 10.1. The number of hydrogen-bond donors (Lipinski definition) is 1. The van der Waals surface area contributed by atoms with Crippen molar-refractivity contribution in [2.24, 2.45) is 0 Å². The summed E-state index contributed by atoms with van der Waals surface area (Å²) >= 11 is 5.94. The molecule has 0 atom stereocenters. The molecule has 1 aliphatic rings. The molecular formula is C12H11ClFN3O. The molecule has 6 heteroatoms. The summed E-state index contributed by atoms with van der Waals surface area (Å²) in [5.41, 5.74) is 0.775. The Bertz CT molecular complexity index is 568. The van der Waals surface area contributed by atoms with Gasteiger partial charge in [-0.2, -0.15) is 4.98 Å². The maximum absolute atomic E-state index is 12.9. The molecule has 2 aromatic rings. The molecule has 1 aliphatic carbocycles. The summed E-state index contributed by atoms with van der Waals surface area (Å²) in [5, 5.41) is 7.34. The number of benzene rings is 1. The fourth-order valence-electron chi connectivity index (χ4n) is 1.62. The number of aromatic nitrogens is 2. The Labute approximate surface area is 108 Å². The van der Waals surface area contributed by atoms with Gasteiger partial charge in [-0.25, -0.2) is 4.39 Å². The maximum Gasteiger partial charge on any atom is 0.321 e. The Balaban J connectivity index is 1.72. The van der Waals surface area contributed by atoms with E-state index in [-0.39, 0.29) is 5.82 Å². The Morgan fingerprint density at radius 3 is 3.00 bits per heavy atom. The van der Waals surface area contributed by atoms with E-state index in [0.717, 1.165) is 18.4 Å². The van der Waals surface area contributed by atoms with Crippen LogP contribution in [0.3, 0.4) is 0 Å². The zero-order chi connectivity index (χ0) is 12.5. The van der Waals surface area contributed by atoms with Crippen molar-refractivity contribution in [3.8, 4) is 0 Å². The molecule has 94 valence electrons. The predicted molar refractivity (Wildman–Crippen MR) is 65.2 cm³/mol. The standard InChI is InChI=1S/C12H11ClFN3O/c13-10-6-8(14)2-1-7(10)5-11-16-12(18-17-11)15-9-3-4-9/h1-2,6,9H,3-5H2,(H,15,16,17). The average molecular weight is 268 g/mol. The van der Waals surface area contributed by atoms with Crippen molar-refractivity contribution < 1.29 is 8.91 Å². The number of hydrogen-bond acceptors (Lipinski definition) is 4. The predicted octanol–water partition coefficient (Wildman–Crippen LogP) is 3.03. The Hall–Kier alpha value is -1.62. The third-order valence-electron chi connectivity index (χ3n) is 2.74. The van der Waals surface area contributed by atoms with Gasteiger partial charge in [0.2, 0.25) is 0 Å². The molecule has 4 nitrogen and oxygen atoms in total. The summed E-state index contributed by atoms with van der Waals surface area (Å²) in [5.74, 6) is 0.180. The number of anilines is 1. The second-order valence-corrected chi connectivity index (χ2v) is 4.75. The van der Waals surface area contributed by atoms with Gasteiger partial charge in [0.25, 0.3) is 0 Å². The van der Waals surface area contributed by atoms with Gasteiger partial charge < -0.3 is 9.84 Å². The van der Waals surface area contributed by atoms with Crippen molar-refractivity contribution in [2.45, 2.75) is 25.3 Å². The Morgan fingerprint density at radius 2 is 2.28 bits per heavy atom. The van der Waals surface area contributed by atoms with Gasteiger partial charge in [0.05, 0.1) is 0 Å². The summed E-state index contributed by atoms with van der Waals surface area (Å²) in [7, 11) is 0. The van der Waals surface area contributed by atoms with Crippen LogP contribution >= 0.6 is 11.6 Å². The number of rotatable bonds is 4. The van der Waals surface area contributed by atoms with Crippen LogP contribution in [-0.4, -0.2) is 16.2 Å². The molecule has 0 aliphatic heterocycles. The van der Waals surface area contributed by atoms with E-state index in [1.807, 2.05) is 0 Å². The molecule has 1 N–H and O–H groups in total. The Kier molecular flexibility index (Phi) is 2.91. The SMILES string of the molecule is Fc1ccc(Cc2noc(NC3CC3)n2)c(Cl)c1. The number of nitrogens with one attached hydrogen (secondary N) is 1. The zero-order valence-electron chi connectivity index (χ0n) is 9.49. The van der Waals surface area contributed by atoms with Crippen LogP contribution in [0.1, 0.15) is 24.2 Å². The lowest BCUT2D eigenvalue weighted by Crippen LogP contribution is -2.01. The monoisotopic (exact) mass is 267 g/mol. The average Bonchev–Trinajstić information content (AvgIpc) is 3.02. The van der Waals surface area contributed by atoms with E-state index in [2.05, 4.69) is 15.5 Å². The topological polar surface area (TPSA) is 51.0 Å². The quantitative estimate of drug-likeness (QED) is 0.925. The molecule has 1 saturated carbocycles. The van der Waals surface area contributed by atoms with Crippen molar-refractivity contribution in [1.82, 2.24) is 10.1 Å². The van der Waals surface area contributed by atoms with Crippen molar-refractivity contribution in [1.29, 1.82) is 0 Å². The molecule has 0 unspecified atom stereocenters. The van der Waals surface area contributed by atoms with E-state index >= 15 is 0 Å². The molecule has 1 heterocycles. The van der Waals surface area contributed by atoms with Gasteiger partial charge in [0, 0.05) is 17.5 Å². The summed E-state index contributed by atoms with van der Waals surface area (Å²) in [6.07, 6.45) is 2.71. The lowest BCUT2D eigenvalue weighted by Gasteiger charge is -2.00. The molecule has 18 heavy (non-hydrogen) atoms. The van der Waals surface area contributed by atoms with Crippen LogP contribution < -0.4 is 5.32 Å². The second kappa shape index (κ2) is 4.57. The maximum atomic E-state index is 12.9. The van der Waals surface area contributed by atoms with Crippen molar-refractivity contribution in [2.75, 3.05) is 5.32 Å². The first-order valence-electron chi connectivity index (χ1n) is 5.74. The smallest absolute Gasteiger partial charge is 0.321 e. The largest absolute Gasteiger partial charge is 0.335 e.